The highest BCUT2D eigenvalue weighted by Crippen LogP contribution is 2.33. The van der Waals surface area contributed by atoms with Crippen LogP contribution in [-0.2, 0) is 9.59 Å². The van der Waals surface area contributed by atoms with Gasteiger partial charge < -0.3 is 20.1 Å². The van der Waals surface area contributed by atoms with Gasteiger partial charge in [0.25, 0.3) is 11.8 Å². The maximum absolute atomic E-state index is 12.8. The van der Waals surface area contributed by atoms with Gasteiger partial charge in [-0.25, -0.2) is 0 Å². The lowest BCUT2D eigenvalue weighted by atomic mass is 10.0. The Morgan fingerprint density at radius 1 is 0.903 bits per heavy atom. The van der Waals surface area contributed by atoms with Crippen molar-refractivity contribution >= 4 is 23.3 Å². The van der Waals surface area contributed by atoms with Crippen molar-refractivity contribution in [1.82, 2.24) is 0 Å². The van der Waals surface area contributed by atoms with E-state index in [2.05, 4.69) is 0 Å². The number of fused-ring (bicyclic) bond motifs is 1. The van der Waals surface area contributed by atoms with Crippen LogP contribution in [-0.4, -0.2) is 36.9 Å². The average Bonchev–Trinajstić information content (AvgIpc) is 2.82. The number of ether oxygens (including phenoxy) is 2. The number of anilines is 1. The summed E-state index contributed by atoms with van der Waals surface area (Å²) in [5.41, 5.74) is 7.05. The normalized spacial score (nSPS) is 14.8. The van der Waals surface area contributed by atoms with Gasteiger partial charge in [0.1, 0.15) is 11.5 Å². The summed E-state index contributed by atoms with van der Waals surface area (Å²) < 4.78 is 11.2. The van der Waals surface area contributed by atoms with Crippen LogP contribution in [0.25, 0.3) is 0 Å². The molecule has 3 aromatic carbocycles. The Balaban J connectivity index is 1.43. The predicted octanol–water partition coefficient (Wildman–Crippen LogP) is 2.58. The van der Waals surface area contributed by atoms with Crippen LogP contribution in [0.2, 0.25) is 0 Å². The smallest absolute Gasteiger partial charge is 0.265 e. The van der Waals surface area contributed by atoms with E-state index in [4.69, 9.17) is 15.2 Å². The molecular formula is C24H20N2O5. The first kappa shape index (κ1) is 20.2. The van der Waals surface area contributed by atoms with Crippen molar-refractivity contribution in [2.75, 3.05) is 18.1 Å². The molecule has 1 aliphatic heterocycles. The van der Waals surface area contributed by atoms with Crippen LogP contribution in [0.5, 0.6) is 11.5 Å². The zero-order valence-corrected chi connectivity index (χ0v) is 16.6. The first-order chi connectivity index (χ1) is 15.0. The van der Waals surface area contributed by atoms with E-state index in [9.17, 15) is 14.4 Å². The number of nitrogens with two attached hydrogens (primary N) is 1. The Morgan fingerprint density at radius 2 is 1.55 bits per heavy atom. The molecule has 31 heavy (non-hydrogen) atoms. The van der Waals surface area contributed by atoms with Gasteiger partial charge in [-0.3, -0.25) is 14.4 Å². The number of benzene rings is 3. The molecule has 1 atom stereocenters. The van der Waals surface area contributed by atoms with Gasteiger partial charge >= 0.3 is 0 Å². The molecule has 0 aliphatic carbocycles. The molecule has 7 heteroatoms. The number of nitrogens with zero attached hydrogens (tertiary/aromatic N) is 1. The number of hydrogen-bond acceptors (Lipinski definition) is 5. The first-order valence-electron chi connectivity index (χ1n) is 9.71. The van der Waals surface area contributed by atoms with Gasteiger partial charge in [-0.05, 0) is 36.4 Å². The van der Waals surface area contributed by atoms with Gasteiger partial charge in [0.15, 0.2) is 18.5 Å². The van der Waals surface area contributed by atoms with Crippen LogP contribution in [0.3, 0.4) is 0 Å². The van der Waals surface area contributed by atoms with Crippen molar-refractivity contribution in [3.05, 3.63) is 90.0 Å². The molecular weight excluding hydrogens is 396 g/mol. The maximum atomic E-state index is 12.8. The molecule has 1 aliphatic rings. The Bertz CT molecular complexity index is 1110. The van der Waals surface area contributed by atoms with E-state index < -0.39 is 12.0 Å². The third-order valence-corrected chi connectivity index (χ3v) is 4.91. The van der Waals surface area contributed by atoms with E-state index in [0.29, 0.717) is 28.3 Å². The predicted molar refractivity (Wildman–Crippen MR) is 114 cm³/mol. The number of carbonyl (C=O) groups is 3. The molecule has 2 N–H and O–H groups in total. The van der Waals surface area contributed by atoms with Crippen molar-refractivity contribution in [2.45, 2.75) is 6.10 Å². The number of carbonyl (C=O) groups excluding carboxylic acids is 3. The Labute approximate surface area is 179 Å². The number of primary amides is 1. The molecule has 0 saturated carbocycles. The average molecular weight is 416 g/mol. The van der Waals surface area contributed by atoms with Crippen LogP contribution in [0.1, 0.15) is 15.9 Å². The van der Waals surface area contributed by atoms with Crippen LogP contribution in [0.4, 0.5) is 5.69 Å². The Morgan fingerprint density at radius 3 is 2.26 bits per heavy atom. The first-order valence-corrected chi connectivity index (χ1v) is 9.71. The third kappa shape index (κ3) is 4.40. The quantitative estimate of drug-likeness (QED) is 0.623. The lowest BCUT2D eigenvalue weighted by Crippen LogP contribution is -2.50. The molecule has 0 aromatic heterocycles. The summed E-state index contributed by atoms with van der Waals surface area (Å²) in [5, 5.41) is 0. The number of para-hydroxylation sites is 2. The number of rotatable bonds is 6. The Kier molecular flexibility index (Phi) is 5.66. The van der Waals surface area contributed by atoms with Gasteiger partial charge in [0.05, 0.1) is 12.2 Å². The zero-order chi connectivity index (χ0) is 21.8. The lowest BCUT2D eigenvalue weighted by molar-refractivity contribution is -0.125. The SMILES string of the molecule is NC(=O)[C@@H]1CN(C(=O)COc2ccc(C(=O)c3ccccc3)cc2)c2ccccc2O1. The van der Waals surface area contributed by atoms with E-state index in [1.165, 1.54) is 4.90 Å². The molecule has 156 valence electrons. The molecule has 7 nitrogen and oxygen atoms in total. The highest BCUT2D eigenvalue weighted by molar-refractivity contribution is 6.09. The summed E-state index contributed by atoms with van der Waals surface area (Å²) in [6.07, 6.45) is -0.929. The van der Waals surface area contributed by atoms with Crippen molar-refractivity contribution < 1.29 is 23.9 Å². The molecule has 0 saturated heterocycles. The highest BCUT2D eigenvalue weighted by Gasteiger charge is 2.32. The summed E-state index contributed by atoms with van der Waals surface area (Å²) in [6.45, 7) is -0.231. The monoisotopic (exact) mass is 416 g/mol. The van der Waals surface area contributed by atoms with Gasteiger partial charge in [-0.2, -0.15) is 0 Å². The second-order valence-corrected chi connectivity index (χ2v) is 6.99. The second-order valence-electron chi connectivity index (χ2n) is 6.99. The van der Waals surface area contributed by atoms with Crippen LogP contribution in [0.15, 0.2) is 78.9 Å². The highest BCUT2D eigenvalue weighted by atomic mass is 16.5. The summed E-state index contributed by atoms with van der Waals surface area (Å²) in [5.74, 6) is -0.218. The van der Waals surface area contributed by atoms with Crippen molar-refractivity contribution in [1.29, 1.82) is 0 Å². The minimum atomic E-state index is -0.929. The number of ketones is 1. The van der Waals surface area contributed by atoms with Gasteiger partial charge in [0, 0.05) is 11.1 Å². The molecule has 0 spiro atoms. The fourth-order valence-electron chi connectivity index (χ4n) is 3.30. The van der Waals surface area contributed by atoms with Crippen LogP contribution < -0.4 is 20.1 Å². The fraction of sp³-hybridized carbons (Fsp3) is 0.125. The molecule has 1 heterocycles. The van der Waals surface area contributed by atoms with E-state index in [1.54, 1.807) is 60.7 Å². The minimum absolute atomic E-state index is 0.0130. The summed E-state index contributed by atoms with van der Waals surface area (Å²) >= 11 is 0. The molecule has 4 rings (SSSR count). The zero-order valence-electron chi connectivity index (χ0n) is 16.6. The van der Waals surface area contributed by atoms with Crippen LogP contribution in [0, 0.1) is 0 Å². The van der Waals surface area contributed by atoms with E-state index in [0.717, 1.165) is 0 Å². The standard InChI is InChI=1S/C24H20N2O5/c25-24(29)21-14-26(19-8-4-5-9-20(19)31-21)22(27)15-30-18-12-10-17(11-13-18)23(28)16-6-2-1-3-7-16/h1-13,21H,14-15H2,(H2,25,29)/t21-/m0/s1. The van der Waals surface area contributed by atoms with Crippen molar-refractivity contribution in [3.63, 3.8) is 0 Å². The van der Waals surface area contributed by atoms with Crippen molar-refractivity contribution in [2.24, 2.45) is 5.73 Å². The molecule has 0 radical (unpaired) electrons. The van der Waals surface area contributed by atoms with Gasteiger partial charge in [0.2, 0.25) is 0 Å². The molecule has 2 amide bonds. The molecule has 0 unspecified atom stereocenters. The molecule has 0 bridgehead atoms. The maximum Gasteiger partial charge on any atom is 0.265 e. The Hall–Kier alpha value is -4.13. The van der Waals surface area contributed by atoms with E-state index in [1.807, 2.05) is 18.2 Å². The van der Waals surface area contributed by atoms with Gasteiger partial charge in [-0.1, -0.05) is 42.5 Å². The molecule has 3 aromatic rings. The van der Waals surface area contributed by atoms with Crippen LogP contribution >= 0.6 is 0 Å². The largest absolute Gasteiger partial charge is 0.484 e. The number of hydrogen-bond donors (Lipinski definition) is 1. The summed E-state index contributed by atoms with van der Waals surface area (Å²) in [4.78, 5) is 38.3. The lowest BCUT2D eigenvalue weighted by Gasteiger charge is -2.33. The second kappa shape index (κ2) is 8.71. The topological polar surface area (TPSA) is 98.9 Å². The minimum Gasteiger partial charge on any atom is -0.484 e. The third-order valence-electron chi connectivity index (χ3n) is 4.91. The fourth-order valence-corrected chi connectivity index (χ4v) is 3.30. The van der Waals surface area contributed by atoms with E-state index in [-0.39, 0.29) is 24.8 Å². The summed E-state index contributed by atoms with van der Waals surface area (Å²) in [6, 6.07) is 22.5. The summed E-state index contributed by atoms with van der Waals surface area (Å²) in [7, 11) is 0. The van der Waals surface area contributed by atoms with E-state index >= 15 is 0 Å². The molecule has 0 fully saturated rings. The van der Waals surface area contributed by atoms with Gasteiger partial charge in [-0.15, -0.1) is 0 Å². The number of amides is 2. The van der Waals surface area contributed by atoms with Crippen molar-refractivity contribution in [3.8, 4) is 11.5 Å².